The van der Waals surface area contributed by atoms with Crippen LogP contribution in [-0.4, -0.2) is 50.5 Å². The zero-order chi connectivity index (χ0) is 19.9. The number of benzene rings is 2. The third-order valence-corrected chi connectivity index (χ3v) is 7.06. The lowest BCUT2D eigenvalue weighted by Gasteiger charge is -2.34. The van der Waals surface area contributed by atoms with Gasteiger partial charge in [0.15, 0.2) is 0 Å². The number of para-hydroxylation sites is 1. The quantitative estimate of drug-likeness (QED) is 0.795. The van der Waals surface area contributed by atoms with Crippen molar-refractivity contribution in [3.05, 3.63) is 59.7 Å². The Morgan fingerprint density at radius 1 is 1.04 bits per heavy atom. The van der Waals surface area contributed by atoms with Gasteiger partial charge >= 0.3 is 0 Å². The number of carbonyl (C=O) groups excluding carboxylic acids is 1. The zero-order valence-electron chi connectivity index (χ0n) is 16.0. The molecule has 0 aliphatic carbocycles. The number of hydrogen-bond donors (Lipinski definition) is 0. The molecular formula is C21H24N2O4S. The molecule has 2 heterocycles. The van der Waals surface area contributed by atoms with Gasteiger partial charge in [-0.25, -0.2) is 8.42 Å². The Kier molecular flexibility index (Phi) is 4.99. The number of carbonyl (C=O) groups is 1. The molecule has 2 aromatic carbocycles. The maximum absolute atomic E-state index is 13.1. The van der Waals surface area contributed by atoms with Gasteiger partial charge in [0.1, 0.15) is 0 Å². The van der Waals surface area contributed by atoms with Crippen LogP contribution in [-0.2, 0) is 21.2 Å². The van der Waals surface area contributed by atoms with Gasteiger partial charge in [-0.2, -0.15) is 4.31 Å². The van der Waals surface area contributed by atoms with Crippen LogP contribution in [0.2, 0.25) is 0 Å². The first kappa shape index (κ1) is 19.1. The summed E-state index contributed by atoms with van der Waals surface area (Å²) in [5.74, 6) is -0.175. The van der Waals surface area contributed by atoms with E-state index in [9.17, 15) is 13.2 Å². The van der Waals surface area contributed by atoms with Gasteiger partial charge in [0.05, 0.1) is 17.1 Å². The van der Waals surface area contributed by atoms with Crippen molar-refractivity contribution in [3.8, 4) is 0 Å². The molecule has 28 heavy (non-hydrogen) atoms. The second kappa shape index (κ2) is 7.31. The molecule has 2 aliphatic rings. The Labute approximate surface area is 165 Å². The molecule has 2 atom stereocenters. The highest BCUT2D eigenvalue weighted by molar-refractivity contribution is 7.89. The summed E-state index contributed by atoms with van der Waals surface area (Å²) in [6.07, 6.45) is 0.484. The molecule has 0 radical (unpaired) electrons. The van der Waals surface area contributed by atoms with E-state index in [1.807, 2.05) is 38.1 Å². The van der Waals surface area contributed by atoms with E-state index in [1.165, 1.54) is 10.4 Å². The molecule has 6 nitrogen and oxygen atoms in total. The van der Waals surface area contributed by atoms with Crippen LogP contribution in [0.15, 0.2) is 53.4 Å². The molecule has 2 aromatic rings. The average molecular weight is 401 g/mol. The summed E-state index contributed by atoms with van der Waals surface area (Å²) in [4.78, 5) is 14.9. The second-order valence-electron chi connectivity index (χ2n) is 7.44. The number of fused-ring (bicyclic) bond motifs is 1. The molecule has 0 bridgehead atoms. The Morgan fingerprint density at radius 2 is 1.75 bits per heavy atom. The smallest absolute Gasteiger partial charge is 0.258 e. The molecule has 4 rings (SSSR count). The van der Waals surface area contributed by atoms with Crippen molar-refractivity contribution in [3.63, 3.8) is 0 Å². The topological polar surface area (TPSA) is 66.9 Å². The van der Waals surface area contributed by atoms with Gasteiger partial charge in [-0.3, -0.25) is 4.79 Å². The van der Waals surface area contributed by atoms with Gasteiger partial charge in [-0.05, 0) is 50.1 Å². The number of ether oxygens (including phenoxy) is 1. The highest BCUT2D eigenvalue weighted by Gasteiger charge is 2.33. The Balaban J connectivity index is 1.62. The fourth-order valence-electron chi connectivity index (χ4n) is 3.97. The summed E-state index contributed by atoms with van der Waals surface area (Å²) in [6.45, 7) is 4.95. The van der Waals surface area contributed by atoms with Crippen LogP contribution >= 0.6 is 0 Å². The van der Waals surface area contributed by atoms with E-state index in [0.29, 0.717) is 25.2 Å². The maximum atomic E-state index is 13.1. The molecule has 1 saturated heterocycles. The Morgan fingerprint density at radius 3 is 2.50 bits per heavy atom. The molecule has 1 fully saturated rings. The van der Waals surface area contributed by atoms with Crippen LogP contribution < -0.4 is 4.90 Å². The normalized spacial score (nSPS) is 22.9. The molecule has 148 valence electrons. The highest BCUT2D eigenvalue weighted by atomic mass is 32.2. The molecule has 7 heteroatoms. The molecule has 0 unspecified atom stereocenters. The standard InChI is InChI=1S/C21H24N2O4S/c1-15-13-22(14-16(2)27-15)28(25,26)19-8-5-7-18(12-19)21(24)23-11-10-17-6-3-4-9-20(17)23/h3-9,12,15-16H,10-11,13-14H2,1-2H3/t15-,16-/m1/s1. The first-order chi connectivity index (χ1) is 13.4. The van der Waals surface area contributed by atoms with Crippen molar-refractivity contribution < 1.29 is 17.9 Å². The molecular weight excluding hydrogens is 376 g/mol. The zero-order valence-corrected chi connectivity index (χ0v) is 16.9. The summed E-state index contributed by atoms with van der Waals surface area (Å²) >= 11 is 0. The van der Waals surface area contributed by atoms with Gasteiger partial charge in [0.2, 0.25) is 10.0 Å². The number of amides is 1. The van der Waals surface area contributed by atoms with Crippen molar-refractivity contribution in [1.82, 2.24) is 4.31 Å². The summed E-state index contributed by atoms with van der Waals surface area (Å²) in [6, 6.07) is 14.2. The van der Waals surface area contributed by atoms with Crippen molar-refractivity contribution in [2.75, 3.05) is 24.5 Å². The molecule has 0 aromatic heterocycles. The van der Waals surface area contributed by atoms with E-state index in [1.54, 1.807) is 23.1 Å². The van der Waals surface area contributed by atoms with Gasteiger partial charge in [0.25, 0.3) is 5.91 Å². The third-order valence-electron chi connectivity index (χ3n) is 5.24. The number of hydrogen-bond acceptors (Lipinski definition) is 4. The number of nitrogens with zero attached hydrogens (tertiary/aromatic N) is 2. The minimum Gasteiger partial charge on any atom is -0.373 e. The average Bonchev–Trinajstić information content (AvgIpc) is 3.11. The summed E-state index contributed by atoms with van der Waals surface area (Å²) in [5, 5.41) is 0. The lowest BCUT2D eigenvalue weighted by molar-refractivity contribution is -0.0440. The fraction of sp³-hybridized carbons (Fsp3) is 0.381. The molecule has 0 N–H and O–H groups in total. The number of anilines is 1. The van der Waals surface area contributed by atoms with E-state index in [4.69, 9.17) is 4.74 Å². The van der Waals surface area contributed by atoms with Gasteiger partial charge in [-0.1, -0.05) is 24.3 Å². The molecule has 0 spiro atoms. The lowest BCUT2D eigenvalue weighted by Crippen LogP contribution is -2.48. The maximum Gasteiger partial charge on any atom is 0.258 e. The van der Waals surface area contributed by atoms with E-state index < -0.39 is 10.0 Å². The number of sulfonamides is 1. The van der Waals surface area contributed by atoms with Crippen LogP contribution in [0.1, 0.15) is 29.8 Å². The number of rotatable bonds is 3. The van der Waals surface area contributed by atoms with E-state index >= 15 is 0 Å². The van der Waals surface area contributed by atoms with Crippen LogP contribution in [0.25, 0.3) is 0 Å². The molecule has 1 amide bonds. The molecule has 0 saturated carbocycles. The fourth-order valence-corrected chi connectivity index (χ4v) is 5.61. The van der Waals surface area contributed by atoms with Gasteiger partial charge in [-0.15, -0.1) is 0 Å². The summed E-state index contributed by atoms with van der Waals surface area (Å²) < 4.78 is 33.3. The van der Waals surface area contributed by atoms with Crippen molar-refractivity contribution >= 4 is 21.6 Å². The minimum atomic E-state index is -3.69. The van der Waals surface area contributed by atoms with Crippen LogP contribution in [0.3, 0.4) is 0 Å². The SMILES string of the molecule is C[C@@H]1CN(S(=O)(=O)c2cccc(C(=O)N3CCc4ccccc43)c2)C[C@@H](C)O1. The first-order valence-corrected chi connectivity index (χ1v) is 11.0. The van der Waals surface area contributed by atoms with Crippen molar-refractivity contribution in [2.24, 2.45) is 0 Å². The van der Waals surface area contributed by atoms with Gasteiger partial charge in [0, 0.05) is 30.9 Å². The Bertz CT molecular complexity index is 995. The third kappa shape index (κ3) is 3.45. The van der Waals surface area contributed by atoms with Crippen LogP contribution in [0, 0.1) is 0 Å². The number of morpholine rings is 1. The van der Waals surface area contributed by atoms with E-state index in [2.05, 4.69) is 0 Å². The summed E-state index contributed by atoms with van der Waals surface area (Å²) in [5.41, 5.74) is 2.42. The van der Waals surface area contributed by atoms with Crippen LogP contribution in [0.4, 0.5) is 5.69 Å². The predicted octanol–water partition coefficient (Wildman–Crippen LogP) is 2.69. The predicted molar refractivity (Wildman–Crippen MR) is 107 cm³/mol. The van der Waals surface area contributed by atoms with Gasteiger partial charge < -0.3 is 9.64 Å². The second-order valence-corrected chi connectivity index (χ2v) is 9.38. The minimum absolute atomic E-state index is 0.145. The van der Waals surface area contributed by atoms with E-state index in [0.717, 1.165) is 17.7 Å². The highest BCUT2D eigenvalue weighted by Crippen LogP contribution is 2.29. The van der Waals surface area contributed by atoms with Crippen molar-refractivity contribution in [1.29, 1.82) is 0 Å². The Hall–Kier alpha value is -2.22. The largest absolute Gasteiger partial charge is 0.373 e. The van der Waals surface area contributed by atoms with Crippen molar-refractivity contribution in [2.45, 2.75) is 37.4 Å². The lowest BCUT2D eigenvalue weighted by atomic mass is 10.1. The first-order valence-electron chi connectivity index (χ1n) is 9.51. The summed E-state index contributed by atoms with van der Waals surface area (Å²) in [7, 11) is -3.69. The monoisotopic (exact) mass is 400 g/mol. The van der Waals surface area contributed by atoms with Crippen LogP contribution in [0.5, 0.6) is 0 Å². The van der Waals surface area contributed by atoms with E-state index in [-0.39, 0.29) is 23.0 Å². The molecule has 2 aliphatic heterocycles.